The van der Waals surface area contributed by atoms with Gasteiger partial charge in [0, 0.05) is 0 Å². The molecule has 0 atom stereocenters. The topological polar surface area (TPSA) is 38.3 Å². The molecule has 0 spiro atoms. The fourth-order valence-corrected chi connectivity index (χ4v) is 2.15. The maximum absolute atomic E-state index is 13.0. The third-order valence-corrected chi connectivity index (χ3v) is 3.27. The normalized spacial score (nSPS) is 12.2. The van der Waals surface area contributed by atoms with Crippen LogP contribution in [0.2, 0.25) is 0 Å². The van der Waals surface area contributed by atoms with Crippen LogP contribution in [0.3, 0.4) is 0 Å². The van der Waals surface area contributed by atoms with Crippen LogP contribution in [0.5, 0.6) is 0 Å². The summed E-state index contributed by atoms with van der Waals surface area (Å²) in [6.45, 7) is 5.11. The molecule has 26 heavy (non-hydrogen) atoms. The van der Waals surface area contributed by atoms with Gasteiger partial charge in [0.1, 0.15) is 5.60 Å². The van der Waals surface area contributed by atoms with Gasteiger partial charge in [-0.3, -0.25) is 5.32 Å². The van der Waals surface area contributed by atoms with Crippen molar-refractivity contribution in [2.45, 2.75) is 32.5 Å². The third-order valence-electron chi connectivity index (χ3n) is 3.27. The Morgan fingerprint density at radius 2 is 1.65 bits per heavy atom. The summed E-state index contributed by atoms with van der Waals surface area (Å²) in [5.74, 6) is 0. The Hall–Kier alpha value is -2.76. The molecule has 0 aliphatic carbocycles. The summed E-state index contributed by atoms with van der Waals surface area (Å²) < 4.78 is 44.2. The number of halogens is 3. The molecule has 6 heteroatoms. The second-order valence-electron chi connectivity index (χ2n) is 6.67. The highest BCUT2D eigenvalue weighted by molar-refractivity contribution is 5.89. The Morgan fingerprint density at radius 1 is 1.00 bits per heavy atom. The average Bonchev–Trinajstić information content (AvgIpc) is 2.52. The molecular formula is C20H20F3NO2. The SMILES string of the molecule is CC(C)(C)OC(=O)Nc1ccc(C(F)(F)F)cc1/C=C/c1ccccc1. The minimum Gasteiger partial charge on any atom is -0.444 e. The van der Waals surface area contributed by atoms with Crippen LogP contribution < -0.4 is 5.32 Å². The number of rotatable bonds is 3. The van der Waals surface area contributed by atoms with Crippen LogP contribution in [0.4, 0.5) is 23.7 Å². The van der Waals surface area contributed by atoms with Crippen molar-refractivity contribution in [1.29, 1.82) is 0 Å². The van der Waals surface area contributed by atoms with Crippen LogP contribution in [-0.2, 0) is 10.9 Å². The van der Waals surface area contributed by atoms with E-state index in [1.54, 1.807) is 26.8 Å². The van der Waals surface area contributed by atoms with Crippen LogP contribution >= 0.6 is 0 Å². The van der Waals surface area contributed by atoms with Crippen LogP contribution in [-0.4, -0.2) is 11.7 Å². The van der Waals surface area contributed by atoms with E-state index in [9.17, 15) is 18.0 Å². The molecular weight excluding hydrogens is 343 g/mol. The van der Waals surface area contributed by atoms with Gasteiger partial charge in [-0.05, 0) is 50.1 Å². The predicted molar refractivity (Wildman–Crippen MR) is 96.7 cm³/mol. The second kappa shape index (κ2) is 7.64. The maximum Gasteiger partial charge on any atom is 0.416 e. The van der Waals surface area contributed by atoms with E-state index in [1.807, 2.05) is 30.3 Å². The van der Waals surface area contributed by atoms with Crippen molar-refractivity contribution in [1.82, 2.24) is 0 Å². The Bertz CT molecular complexity index is 791. The van der Waals surface area contributed by atoms with Gasteiger partial charge in [-0.1, -0.05) is 42.5 Å². The highest BCUT2D eigenvalue weighted by Gasteiger charge is 2.31. The van der Waals surface area contributed by atoms with Gasteiger partial charge >= 0.3 is 12.3 Å². The molecule has 2 aromatic rings. The van der Waals surface area contributed by atoms with Crippen molar-refractivity contribution in [2.75, 3.05) is 5.32 Å². The monoisotopic (exact) mass is 363 g/mol. The van der Waals surface area contributed by atoms with Crippen LogP contribution in [0.1, 0.15) is 37.5 Å². The summed E-state index contributed by atoms with van der Waals surface area (Å²) in [6.07, 6.45) is -2.00. The number of anilines is 1. The predicted octanol–water partition coefficient (Wildman–Crippen LogP) is 6.22. The number of benzene rings is 2. The number of hydrogen-bond donors (Lipinski definition) is 1. The summed E-state index contributed by atoms with van der Waals surface area (Å²) in [5.41, 5.74) is -0.210. The van der Waals surface area contributed by atoms with Crippen LogP contribution in [0.15, 0.2) is 48.5 Å². The van der Waals surface area contributed by atoms with E-state index < -0.39 is 23.4 Å². The maximum atomic E-state index is 13.0. The number of nitrogens with one attached hydrogen (secondary N) is 1. The molecule has 0 heterocycles. The summed E-state index contributed by atoms with van der Waals surface area (Å²) in [6, 6.07) is 12.3. The summed E-state index contributed by atoms with van der Waals surface area (Å²) in [5, 5.41) is 2.50. The van der Waals surface area contributed by atoms with Crippen LogP contribution in [0, 0.1) is 0 Å². The van der Waals surface area contributed by atoms with Gasteiger partial charge in [0.25, 0.3) is 0 Å². The quantitative estimate of drug-likeness (QED) is 0.657. The Labute approximate surface area is 150 Å². The van der Waals surface area contributed by atoms with Gasteiger partial charge in [0.2, 0.25) is 0 Å². The Balaban J connectivity index is 2.34. The van der Waals surface area contributed by atoms with E-state index in [-0.39, 0.29) is 11.3 Å². The fraction of sp³-hybridized carbons (Fsp3) is 0.250. The number of carbonyl (C=O) groups excluding carboxylic acids is 1. The standard InChI is InChI=1S/C20H20F3NO2/c1-19(2,3)26-18(25)24-17-12-11-16(20(21,22)23)13-15(17)10-9-14-7-5-4-6-8-14/h4-13H,1-3H3,(H,24,25)/b10-9+. The highest BCUT2D eigenvalue weighted by atomic mass is 19.4. The largest absolute Gasteiger partial charge is 0.444 e. The first-order valence-electron chi connectivity index (χ1n) is 7.99. The van der Waals surface area contributed by atoms with Crippen molar-refractivity contribution in [3.05, 3.63) is 65.2 Å². The zero-order valence-corrected chi connectivity index (χ0v) is 14.7. The lowest BCUT2D eigenvalue weighted by atomic mass is 10.1. The van der Waals surface area contributed by atoms with Gasteiger partial charge in [-0.15, -0.1) is 0 Å². The van der Waals surface area contributed by atoms with Gasteiger partial charge in [0.05, 0.1) is 11.3 Å². The smallest absolute Gasteiger partial charge is 0.416 e. The molecule has 0 fully saturated rings. The number of ether oxygens (including phenoxy) is 1. The van der Waals surface area contributed by atoms with Crippen molar-refractivity contribution in [2.24, 2.45) is 0 Å². The lowest BCUT2D eigenvalue weighted by molar-refractivity contribution is -0.137. The van der Waals surface area contributed by atoms with Gasteiger partial charge in [-0.25, -0.2) is 4.79 Å². The Kier molecular flexibility index (Phi) is 5.75. The minimum atomic E-state index is -4.47. The molecule has 0 aliphatic heterocycles. The average molecular weight is 363 g/mol. The molecule has 0 unspecified atom stereocenters. The molecule has 0 saturated heterocycles. The number of hydrogen-bond acceptors (Lipinski definition) is 2. The first-order chi connectivity index (χ1) is 12.0. The third kappa shape index (κ3) is 5.95. The number of alkyl halides is 3. The van der Waals surface area contributed by atoms with Crippen molar-refractivity contribution in [3.8, 4) is 0 Å². The van der Waals surface area contributed by atoms with Gasteiger partial charge < -0.3 is 4.74 Å². The van der Waals surface area contributed by atoms with E-state index >= 15 is 0 Å². The van der Waals surface area contributed by atoms with E-state index in [4.69, 9.17) is 4.74 Å². The van der Waals surface area contributed by atoms with E-state index in [1.165, 1.54) is 12.1 Å². The lowest BCUT2D eigenvalue weighted by Gasteiger charge is -2.20. The fourth-order valence-electron chi connectivity index (χ4n) is 2.15. The van der Waals surface area contributed by atoms with Gasteiger partial charge in [0.15, 0.2) is 0 Å². The summed E-state index contributed by atoms with van der Waals surface area (Å²) >= 11 is 0. The Morgan fingerprint density at radius 3 is 2.23 bits per heavy atom. The second-order valence-corrected chi connectivity index (χ2v) is 6.67. The zero-order valence-electron chi connectivity index (χ0n) is 14.7. The molecule has 1 amide bonds. The molecule has 0 aliphatic rings. The molecule has 1 N–H and O–H groups in total. The number of carbonyl (C=O) groups is 1. The molecule has 138 valence electrons. The van der Waals surface area contributed by atoms with Crippen LogP contribution in [0.25, 0.3) is 12.2 Å². The molecule has 2 rings (SSSR count). The molecule has 0 aromatic heterocycles. The van der Waals surface area contributed by atoms with Crippen molar-refractivity contribution in [3.63, 3.8) is 0 Å². The van der Waals surface area contributed by atoms with E-state index in [0.29, 0.717) is 0 Å². The molecule has 0 saturated carbocycles. The molecule has 0 bridgehead atoms. The van der Waals surface area contributed by atoms with Gasteiger partial charge in [-0.2, -0.15) is 13.2 Å². The van der Waals surface area contributed by atoms with E-state index in [2.05, 4.69) is 5.32 Å². The van der Waals surface area contributed by atoms with Crippen molar-refractivity contribution < 1.29 is 22.7 Å². The number of amides is 1. The first-order valence-corrected chi connectivity index (χ1v) is 7.99. The summed E-state index contributed by atoms with van der Waals surface area (Å²) in [4.78, 5) is 12.0. The van der Waals surface area contributed by atoms with Crippen molar-refractivity contribution >= 4 is 23.9 Å². The molecule has 0 radical (unpaired) electrons. The zero-order chi connectivity index (χ0) is 19.4. The molecule has 2 aromatic carbocycles. The lowest BCUT2D eigenvalue weighted by Crippen LogP contribution is -2.27. The van der Waals surface area contributed by atoms with E-state index in [0.717, 1.165) is 17.7 Å². The minimum absolute atomic E-state index is 0.231. The molecule has 3 nitrogen and oxygen atoms in total. The summed E-state index contributed by atoms with van der Waals surface area (Å²) in [7, 11) is 0. The first kappa shape index (κ1) is 19.6. The highest BCUT2D eigenvalue weighted by Crippen LogP contribution is 2.32.